The van der Waals surface area contributed by atoms with Gasteiger partial charge in [-0.1, -0.05) is 5.16 Å². The lowest BCUT2D eigenvalue weighted by molar-refractivity contribution is 0.201. The summed E-state index contributed by atoms with van der Waals surface area (Å²) < 4.78 is 16.6. The maximum absolute atomic E-state index is 6.05. The zero-order valence-corrected chi connectivity index (χ0v) is 11.5. The highest BCUT2D eigenvalue weighted by Gasteiger charge is 2.19. The Morgan fingerprint density at radius 1 is 1.20 bits per heavy atom. The molecule has 0 spiro atoms. The highest BCUT2D eigenvalue weighted by molar-refractivity contribution is 5.64. The molecule has 1 heterocycles. The van der Waals surface area contributed by atoms with E-state index < -0.39 is 0 Å². The number of benzene rings is 1. The van der Waals surface area contributed by atoms with Gasteiger partial charge in [-0.05, 0) is 43.9 Å². The number of hydrogen-bond acceptors (Lipinski definition) is 5. The van der Waals surface area contributed by atoms with Crippen LogP contribution in [-0.2, 0) is 0 Å². The lowest BCUT2D eigenvalue weighted by Gasteiger charge is -2.16. The van der Waals surface area contributed by atoms with Crippen LogP contribution in [0, 0.1) is 0 Å². The minimum atomic E-state index is 0.277. The van der Waals surface area contributed by atoms with Crippen molar-refractivity contribution in [2.45, 2.75) is 31.8 Å². The molecule has 1 fully saturated rings. The Balaban J connectivity index is 1.89. The number of nitrogen functional groups attached to an aromatic ring is 1. The third-order valence-corrected chi connectivity index (χ3v) is 3.57. The molecule has 106 valence electrons. The van der Waals surface area contributed by atoms with E-state index in [4.69, 9.17) is 19.7 Å². The molecule has 1 aromatic heterocycles. The molecule has 1 aliphatic carbocycles. The topological polar surface area (TPSA) is 70.5 Å². The van der Waals surface area contributed by atoms with E-state index in [2.05, 4.69) is 5.16 Å². The van der Waals surface area contributed by atoms with Crippen molar-refractivity contribution in [2.75, 3.05) is 12.8 Å². The first-order valence-corrected chi connectivity index (χ1v) is 6.83. The lowest BCUT2D eigenvalue weighted by atomic mass is 10.1. The Morgan fingerprint density at radius 3 is 2.65 bits per heavy atom. The van der Waals surface area contributed by atoms with Crippen molar-refractivity contribution in [2.24, 2.45) is 0 Å². The summed E-state index contributed by atoms with van der Waals surface area (Å²) in [6.45, 7) is 0. The molecule has 0 radical (unpaired) electrons. The van der Waals surface area contributed by atoms with E-state index in [1.54, 1.807) is 13.2 Å². The van der Waals surface area contributed by atoms with Gasteiger partial charge in [0.25, 0.3) is 0 Å². The fourth-order valence-corrected chi connectivity index (χ4v) is 2.53. The predicted molar refractivity (Wildman–Crippen MR) is 75.8 cm³/mol. The summed E-state index contributed by atoms with van der Waals surface area (Å²) >= 11 is 0. The van der Waals surface area contributed by atoms with Crippen LogP contribution < -0.4 is 15.2 Å². The van der Waals surface area contributed by atoms with Crippen molar-refractivity contribution in [3.63, 3.8) is 0 Å². The van der Waals surface area contributed by atoms with Crippen LogP contribution in [0.1, 0.15) is 25.7 Å². The van der Waals surface area contributed by atoms with Crippen molar-refractivity contribution < 1.29 is 14.0 Å². The largest absolute Gasteiger partial charge is 0.493 e. The summed E-state index contributed by atoms with van der Waals surface area (Å²) in [7, 11) is 1.64. The van der Waals surface area contributed by atoms with Gasteiger partial charge in [-0.15, -0.1) is 0 Å². The number of rotatable bonds is 4. The average Bonchev–Trinajstić information content (AvgIpc) is 3.10. The van der Waals surface area contributed by atoms with Gasteiger partial charge in [0.2, 0.25) is 0 Å². The van der Waals surface area contributed by atoms with Crippen molar-refractivity contribution >= 4 is 5.82 Å². The Morgan fingerprint density at radius 2 is 2.00 bits per heavy atom. The molecule has 0 atom stereocenters. The first-order chi connectivity index (χ1) is 9.76. The summed E-state index contributed by atoms with van der Waals surface area (Å²) in [5.41, 5.74) is 6.46. The first-order valence-electron chi connectivity index (χ1n) is 6.83. The quantitative estimate of drug-likeness (QED) is 0.926. The van der Waals surface area contributed by atoms with Crippen LogP contribution in [0.3, 0.4) is 0 Å². The Labute approximate surface area is 117 Å². The molecule has 3 rings (SSSR count). The zero-order valence-electron chi connectivity index (χ0n) is 11.5. The molecule has 0 bridgehead atoms. The van der Waals surface area contributed by atoms with Crippen molar-refractivity contribution in [1.29, 1.82) is 0 Å². The van der Waals surface area contributed by atoms with Crippen LogP contribution in [0.2, 0.25) is 0 Å². The van der Waals surface area contributed by atoms with Gasteiger partial charge in [-0.25, -0.2) is 0 Å². The summed E-state index contributed by atoms with van der Waals surface area (Å²) in [4.78, 5) is 0. The van der Waals surface area contributed by atoms with E-state index in [-0.39, 0.29) is 6.10 Å². The Kier molecular flexibility index (Phi) is 3.50. The fourth-order valence-electron chi connectivity index (χ4n) is 2.53. The standard InChI is InChI=1S/C15H18N2O3/c1-18-12-7-6-10(13-9-15(16)17-20-13)8-14(12)19-11-4-2-3-5-11/h6-9,11H,2-5H2,1H3,(H2,16,17). The van der Waals surface area contributed by atoms with Gasteiger partial charge >= 0.3 is 0 Å². The first kappa shape index (κ1) is 12.8. The van der Waals surface area contributed by atoms with Gasteiger partial charge in [-0.3, -0.25) is 0 Å². The number of hydrogen-bond donors (Lipinski definition) is 1. The molecule has 0 unspecified atom stereocenters. The third kappa shape index (κ3) is 2.57. The van der Waals surface area contributed by atoms with Crippen LogP contribution in [0.25, 0.3) is 11.3 Å². The minimum Gasteiger partial charge on any atom is -0.493 e. The third-order valence-electron chi connectivity index (χ3n) is 3.57. The highest BCUT2D eigenvalue weighted by atomic mass is 16.5. The zero-order chi connectivity index (χ0) is 13.9. The number of aromatic nitrogens is 1. The molecule has 1 aliphatic rings. The van der Waals surface area contributed by atoms with Gasteiger partial charge in [-0.2, -0.15) is 0 Å². The maximum atomic E-state index is 6.05. The molecule has 1 saturated carbocycles. The minimum absolute atomic E-state index is 0.277. The number of nitrogens with two attached hydrogens (primary N) is 1. The molecule has 0 amide bonds. The van der Waals surface area contributed by atoms with Crippen molar-refractivity contribution in [1.82, 2.24) is 5.16 Å². The van der Waals surface area contributed by atoms with Crippen LogP contribution in [0.15, 0.2) is 28.8 Å². The summed E-state index contributed by atoms with van der Waals surface area (Å²) in [6.07, 6.45) is 4.93. The second-order valence-corrected chi connectivity index (χ2v) is 5.01. The van der Waals surface area contributed by atoms with Crippen LogP contribution >= 0.6 is 0 Å². The molecule has 0 aliphatic heterocycles. The molecule has 2 N–H and O–H groups in total. The SMILES string of the molecule is COc1ccc(-c2cc(N)no2)cc1OC1CCCC1. The molecular formula is C15H18N2O3. The highest BCUT2D eigenvalue weighted by Crippen LogP contribution is 2.35. The lowest BCUT2D eigenvalue weighted by Crippen LogP contribution is -2.11. The van der Waals surface area contributed by atoms with Crippen molar-refractivity contribution in [3.05, 3.63) is 24.3 Å². The second kappa shape index (κ2) is 5.45. The number of anilines is 1. The molecule has 0 saturated heterocycles. The Bertz CT molecular complexity index is 589. The van der Waals surface area contributed by atoms with E-state index in [0.717, 1.165) is 29.9 Å². The molecule has 20 heavy (non-hydrogen) atoms. The monoisotopic (exact) mass is 274 g/mol. The van der Waals surface area contributed by atoms with Crippen molar-refractivity contribution in [3.8, 4) is 22.8 Å². The summed E-state index contributed by atoms with van der Waals surface area (Å²) in [5, 5.41) is 3.70. The fraction of sp³-hybridized carbons (Fsp3) is 0.400. The molecule has 2 aromatic rings. The normalized spacial score (nSPS) is 15.4. The van der Waals surface area contributed by atoms with Gasteiger partial charge in [0.05, 0.1) is 13.2 Å². The predicted octanol–water partition coefficient (Wildman–Crippen LogP) is 3.25. The molecule has 1 aromatic carbocycles. The average molecular weight is 274 g/mol. The van der Waals surface area contributed by atoms with E-state index in [1.807, 2.05) is 18.2 Å². The maximum Gasteiger partial charge on any atom is 0.169 e. The molecule has 5 nitrogen and oxygen atoms in total. The molecule has 5 heteroatoms. The number of nitrogens with zero attached hydrogens (tertiary/aromatic N) is 1. The van der Waals surface area contributed by atoms with Crippen LogP contribution in [-0.4, -0.2) is 18.4 Å². The summed E-state index contributed by atoms with van der Waals surface area (Å²) in [6, 6.07) is 7.39. The number of ether oxygens (including phenoxy) is 2. The van der Waals surface area contributed by atoms with E-state index in [9.17, 15) is 0 Å². The van der Waals surface area contributed by atoms with Crippen LogP contribution in [0.4, 0.5) is 5.82 Å². The number of methoxy groups -OCH3 is 1. The van der Waals surface area contributed by atoms with Gasteiger partial charge in [0.15, 0.2) is 23.1 Å². The van der Waals surface area contributed by atoms with Gasteiger partial charge in [0.1, 0.15) is 0 Å². The van der Waals surface area contributed by atoms with Gasteiger partial charge < -0.3 is 19.7 Å². The second-order valence-electron chi connectivity index (χ2n) is 5.01. The van der Waals surface area contributed by atoms with E-state index in [1.165, 1.54) is 12.8 Å². The van der Waals surface area contributed by atoms with E-state index in [0.29, 0.717) is 11.6 Å². The Hall–Kier alpha value is -2.17. The van der Waals surface area contributed by atoms with Crippen LogP contribution in [0.5, 0.6) is 11.5 Å². The summed E-state index contributed by atoms with van der Waals surface area (Å²) in [5.74, 6) is 2.47. The van der Waals surface area contributed by atoms with E-state index >= 15 is 0 Å². The molecular weight excluding hydrogens is 256 g/mol. The smallest absolute Gasteiger partial charge is 0.169 e. The van der Waals surface area contributed by atoms with Gasteiger partial charge in [0, 0.05) is 11.6 Å².